The summed E-state index contributed by atoms with van der Waals surface area (Å²) in [6, 6.07) is 9.54. The smallest absolute Gasteiger partial charge is 0.272 e. The summed E-state index contributed by atoms with van der Waals surface area (Å²) in [7, 11) is 0. The second kappa shape index (κ2) is 9.21. The van der Waals surface area contributed by atoms with Gasteiger partial charge >= 0.3 is 0 Å². The molecule has 2 amide bonds. The maximum Gasteiger partial charge on any atom is 0.272 e. The third kappa shape index (κ3) is 4.94. The Morgan fingerprint density at radius 3 is 2.37 bits per heavy atom. The summed E-state index contributed by atoms with van der Waals surface area (Å²) in [6.07, 6.45) is 4.07. The summed E-state index contributed by atoms with van der Waals surface area (Å²) in [5, 5.41) is 2.77. The number of nitrogens with zero attached hydrogens (tertiary/aromatic N) is 4. The highest BCUT2D eigenvalue weighted by atomic mass is 19.1. The minimum atomic E-state index is -0.339. The standard InChI is InChI=1S/C22H26FN5O2/c23-17-3-5-18(6-4-17)25-21(29)16-26-11-13-28(14-12-26)22(30)20-15-19(7-8-24-20)27-9-1-2-10-27/h3-8,15H,1-2,9-14,16H2,(H,25,29). The van der Waals surface area contributed by atoms with E-state index in [1.165, 1.54) is 37.1 Å². The number of amides is 2. The zero-order valence-corrected chi connectivity index (χ0v) is 16.9. The quantitative estimate of drug-likeness (QED) is 0.817. The molecular weight excluding hydrogens is 385 g/mol. The SMILES string of the molecule is O=C(CN1CCN(C(=O)c2cc(N3CCCC3)ccn2)CC1)Nc1ccc(F)cc1. The van der Waals surface area contributed by atoms with Crippen molar-refractivity contribution in [1.29, 1.82) is 0 Å². The second-order valence-corrected chi connectivity index (χ2v) is 7.72. The number of hydrogen-bond acceptors (Lipinski definition) is 5. The first-order chi connectivity index (χ1) is 14.6. The molecule has 0 radical (unpaired) electrons. The van der Waals surface area contributed by atoms with Crippen molar-refractivity contribution in [1.82, 2.24) is 14.8 Å². The van der Waals surface area contributed by atoms with Crippen LogP contribution in [-0.2, 0) is 4.79 Å². The lowest BCUT2D eigenvalue weighted by atomic mass is 10.2. The normalized spacial score (nSPS) is 17.2. The van der Waals surface area contributed by atoms with E-state index in [1.54, 1.807) is 11.1 Å². The van der Waals surface area contributed by atoms with Crippen molar-refractivity contribution in [3.05, 3.63) is 54.1 Å². The Morgan fingerprint density at radius 2 is 1.67 bits per heavy atom. The monoisotopic (exact) mass is 411 g/mol. The minimum absolute atomic E-state index is 0.0635. The first-order valence-corrected chi connectivity index (χ1v) is 10.4. The molecule has 7 nitrogen and oxygen atoms in total. The van der Waals surface area contributed by atoms with Crippen LogP contribution in [-0.4, -0.2) is 72.4 Å². The lowest BCUT2D eigenvalue weighted by Crippen LogP contribution is -2.50. The van der Waals surface area contributed by atoms with Crippen LogP contribution in [0.15, 0.2) is 42.6 Å². The Balaban J connectivity index is 1.27. The van der Waals surface area contributed by atoms with E-state index in [4.69, 9.17) is 0 Å². The molecule has 0 bridgehead atoms. The van der Waals surface area contributed by atoms with Crippen LogP contribution in [0.3, 0.4) is 0 Å². The highest BCUT2D eigenvalue weighted by Crippen LogP contribution is 2.21. The van der Waals surface area contributed by atoms with Gasteiger partial charge in [0.05, 0.1) is 6.54 Å². The third-order valence-corrected chi connectivity index (χ3v) is 5.59. The Bertz CT molecular complexity index is 891. The van der Waals surface area contributed by atoms with Crippen molar-refractivity contribution < 1.29 is 14.0 Å². The van der Waals surface area contributed by atoms with Gasteiger partial charge in [-0.25, -0.2) is 4.39 Å². The fourth-order valence-corrected chi connectivity index (χ4v) is 3.92. The van der Waals surface area contributed by atoms with E-state index in [2.05, 4.69) is 15.2 Å². The number of anilines is 2. The molecule has 1 aromatic carbocycles. The predicted octanol–water partition coefficient (Wildman–Crippen LogP) is 2.22. The molecule has 1 aromatic heterocycles. The van der Waals surface area contributed by atoms with Crippen LogP contribution < -0.4 is 10.2 Å². The maximum atomic E-state index is 13.0. The zero-order valence-electron chi connectivity index (χ0n) is 16.9. The topological polar surface area (TPSA) is 68.8 Å². The molecule has 0 saturated carbocycles. The molecule has 4 rings (SSSR count). The van der Waals surface area contributed by atoms with Gasteiger partial charge in [-0.3, -0.25) is 19.5 Å². The molecule has 2 aromatic rings. The Labute approximate surface area is 175 Å². The summed E-state index contributed by atoms with van der Waals surface area (Å²) in [6.45, 7) is 4.63. The molecule has 0 spiro atoms. The number of hydrogen-bond donors (Lipinski definition) is 1. The number of carbonyl (C=O) groups excluding carboxylic acids is 2. The van der Waals surface area contributed by atoms with Crippen LogP contribution in [0, 0.1) is 5.82 Å². The fourth-order valence-electron chi connectivity index (χ4n) is 3.92. The van der Waals surface area contributed by atoms with Gasteiger partial charge in [0.25, 0.3) is 5.91 Å². The summed E-state index contributed by atoms with van der Waals surface area (Å²) in [5.41, 5.74) is 2.10. The molecule has 0 unspecified atom stereocenters. The molecule has 8 heteroatoms. The van der Waals surface area contributed by atoms with Gasteiger partial charge in [-0.2, -0.15) is 0 Å². The first kappa shape index (κ1) is 20.3. The summed E-state index contributed by atoms with van der Waals surface area (Å²) < 4.78 is 13.0. The highest BCUT2D eigenvalue weighted by Gasteiger charge is 2.25. The summed E-state index contributed by atoms with van der Waals surface area (Å²) >= 11 is 0. The van der Waals surface area contributed by atoms with Gasteiger partial charge in [0.1, 0.15) is 11.5 Å². The molecular formula is C22H26FN5O2. The number of pyridine rings is 1. The Hall–Kier alpha value is -3.00. The number of piperazine rings is 1. The predicted molar refractivity (Wildman–Crippen MR) is 113 cm³/mol. The van der Waals surface area contributed by atoms with E-state index < -0.39 is 0 Å². The van der Waals surface area contributed by atoms with Gasteiger partial charge in [0.15, 0.2) is 0 Å². The molecule has 2 aliphatic rings. The third-order valence-electron chi connectivity index (χ3n) is 5.59. The van der Waals surface area contributed by atoms with Gasteiger partial charge in [-0.1, -0.05) is 0 Å². The van der Waals surface area contributed by atoms with Gasteiger partial charge in [-0.15, -0.1) is 0 Å². The van der Waals surface area contributed by atoms with Crippen LogP contribution in [0.4, 0.5) is 15.8 Å². The van der Waals surface area contributed by atoms with Crippen LogP contribution in [0.5, 0.6) is 0 Å². The maximum absolute atomic E-state index is 13.0. The average Bonchev–Trinajstić information content (AvgIpc) is 3.31. The van der Waals surface area contributed by atoms with Crippen LogP contribution in [0.25, 0.3) is 0 Å². The van der Waals surface area contributed by atoms with Crippen LogP contribution in [0.1, 0.15) is 23.3 Å². The summed E-state index contributed by atoms with van der Waals surface area (Å²) in [5.74, 6) is -0.554. The van der Waals surface area contributed by atoms with Crippen molar-refractivity contribution in [2.75, 3.05) is 56.0 Å². The van der Waals surface area contributed by atoms with Crippen molar-refractivity contribution in [2.45, 2.75) is 12.8 Å². The summed E-state index contributed by atoms with van der Waals surface area (Å²) in [4.78, 5) is 35.5. The largest absolute Gasteiger partial charge is 0.371 e. The van der Waals surface area contributed by atoms with Crippen molar-refractivity contribution >= 4 is 23.2 Å². The van der Waals surface area contributed by atoms with Crippen LogP contribution >= 0.6 is 0 Å². The lowest BCUT2D eigenvalue weighted by molar-refractivity contribution is -0.117. The second-order valence-electron chi connectivity index (χ2n) is 7.72. The number of rotatable bonds is 5. The van der Waals surface area contributed by atoms with Crippen molar-refractivity contribution in [3.8, 4) is 0 Å². The molecule has 2 aliphatic heterocycles. The molecule has 2 fully saturated rings. The highest BCUT2D eigenvalue weighted by molar-refractivity contribution is 5.93. The van der Waals surface area contributed by atoms with Gasteiger partial charge in [-0.05, 0) is 49.2 Å². The fraction of sp³-hybridized carbons (Fsp3) is 0.409. The number of aromatic nitrogens is 1. The molecule has 2 saturated heterocycles. The van der Waals surface area contributed by atoms with E-state index in [-0.39, 0.29) is 24.2 Å². The Kier molecular flexibility index (Phi) is 6.23. The number of halogens is 1. The molecule has 1 N–H and O–H groups in total. The van der Waals surface area contributed by atoms with Gasteiger partial charge < -0.3 is 15.1 Å². The number of benzene rings is 1. The minimum Gasteiger partial charge on any atom is -0.371 e. The molecule has 30 heavy (non-hydrogen) atoms. The first-order valence-electron chi connectivity index (χ1n) is 10.4. The lowest BCUT2D eigenvalue weighted by Gasteiger charge is -2.34. The van der Waals surface area contributed by atoms with E-state index in [1.807, 2.05) is 17.0 Å². The molecule has 0 atom stereocenters. The Morgan fingerprint density at radius 1 is 0.967 bits per heavy atom. The van der Waals surface area contributed by atoms with Crippen LogP contribution in [0.2, 0.25) is 0 Å². The van der Waals surface area contributed by atoms with E-state index in [0.717, 1.165) is 18.8 Å². The molecule has 158 valence electrons. The van der Waals surface area contributed by atoms with Crippen molar-refractivity contribution in [3.63, 3.8) is 0 Å². The van der Waals surface area contributed by atoms with Gasteiger partial charge in [0, 0.05) is 56.8 Å². The van der Waals surface area contributed by atoms with Crippen molar-refractivity contribution in [2.24, 2.45) is 0 Å². The molecule has 0 aliphatic carbocycles. The average molecular weight is 411 g/mol. The van der Waals surface area contributed by atoms with E-state index >= 15 is 0 Å². The number of carbonyl (C=O) groups is 2. The van der Waals surface area contributed by atoms with E-state index in [9.17, 15) is 14.0 Å². The zero-order chi connectivity index (χ0) is 20.9. The number of nitrogens with one attached hydrogen (secondary N) is 1. The molecule has 3 heterocycles. The van der Waals surface area contributed by atoms with Gasteiger partial charge in [0.2, 0.25) is 5.91 Å². The van der Waals surface area contributed by atoms with E-state index in [0.29, 0.717) is 37.6 Å².